The third kappa shape index (κ3) is 3.86. The molecule has 0 aliphatic rings. The van der Waals surface area contributed by atoms with Crippen LogP contribution in [0.15, 0.2) is 65.7 Å². The fourth-order valence-corrected chi connectivity index (χ4v) is 3.27. The van der Waals surface area contributed by atoms with E-state index in [1.807, 2.05) is 0 Å². The Balaban J connectivity index is 1.66. The molecule has 0 aliphatic carbocycles. The highest BCUT2D eigenvalue weighted by Crippen LogP contribution is 2.33. The van der Waals surface area contributed by atoms with Gasteiger partial charge in [-0.05, 0) is 45.8 Å². The molecule has 0 radical (unpaired) electrons. The van der Waals surface area contributed by atoms with Crippen LogP contribution in [-0.4, -0.2) is 20.9 Å². The maximum Gasteiger partial charge on any atom is 0.416 e. The molecule has 5 nitrogen and oxygen atoms in total. The van der Waals surface area contributed by atoms with Crippen molar-refractivity contribution >= 4 is 38.6 Å². The number of nitrogens with one attached hydrogen (secondary N) is 2. The van der Waals surface area contributed by atoms with Gasteiger partial charge in [0.05, 0.1) is 23.0 Å². The van der Waals surface area contributed by atoms with Crippen molar-refractivity contribution in [2.75, 3.05) is 5.32 Å². The zero-order valence-electron chi connectivity index (χ0n) is 14.6. The number of pyridine rings is 2. The zero-order valence-corrected chi connectivity index (χ0v) is 16.2. The minimum atomic E-state index is -4.41. The summed E-state index contributed by atoms with van der Waals surface area (Å²) in [5.74, 6) is -0.391. The van der Waals surface area contributed by atoms with Gasteiger partial charge in [0.15, 0.2) is 0 Å². The molecule has 1 aromatic carbocycles. The van der Waals surface area contributed by atoms with Crippen molar-refractivity contribution in [3.63, 3.8) is 0 Å². The maximum atomic E-state index is 12.8. The Labute approximate surface area is 171 Å². The molecule has 0 aliphatic heterocycles. The normalized spacial score (nSPS) is 11.6. The number of halogens is 4. The van der Waals surface area contributed by atoms with Crippen molar-refractivity contribution in [1.82, 2.24) is 15.0 Å². The number of aromatic nitrogens is 3. The lowest BCUT2D eigenvalue weighted by Gasteiger charge is -2.12. The second-order valence-corrected chi connectivity index (χ2v) is 7.12. The molecular weight excluding hydrogens is 449 g/mol. The van der Waals surface area contributed by atoms with E-state index in [2.05, 4.69) is 36.2 Å². The number of carbonyl (C=O) groups is 1. The summed E-state index contributed by atoms with van der Waals surface area (Å²) in [4.78, 5) is 24.0. The number of hydrogen-bond acceptors (Lipinski definition) is 3. The number of aromatic amines is 1. The molecule has 3 aromatic heterocycles. The smallest absolute Gasteiger partial charge is 0.345 e. The predicted molar refractivity (Wildman–Crippen MR) is 106 cm³/mol. The van der Waals surface area contributed by atoms with E-state index in [1.54, 1.807) is 24.5 Å². The molecule has 146 valence electrons. The third-order valence-electron chi connectivity index (χ3n) is 4.33. The van der Waals surface area contributed by atoms with E-state index < -0.39 is 17.6 Å². The van der Waals surface area contributed by atoms with Crippen molar-refractivity contribution in [3.8, 4) is 11.1 Å². The van der Waals surface area contributed by atoms with Crippen LogP contribution >= 0.6 is 15.9 Å². The van der Waals surface area contributed by atoms with Crippen molar-refractivity contribution in [2.24, 2.45) is 0 Å². The van der Waals surface area contributed by atoms with Gasteiger partial charge in [0.1, 0.15) is 5.65 Å². The fourth-order valence-electron chi connectivity index (χ4n) is 2.94. The topological polar surface area (TPSA) is 70.7 Å². The second-order valence-electron chi connectivity index (χ2n) is 6.20. The summed E-state index contributed by atoms with van der Waals surface area (Å²) in [6.07, 6.45) is 1.72. The van der Waals surface area contributed by atoms with Crippen LogP contribution in [0.2, 0.25) is 0 Å². The van der Waals surface area contributed by atoms with E-state index in [4.69, 9.17) is 0 Å². The predicted octanol–water partition coefficient (Wildman–Crippen LogP) is 5.66. The van der Waals surface area contributed by atoms with Gasteiger partial charge in [-0.25, -0.2) is 4.98 Å². The third-order valence-corrected chi connectivity index (χ3v) is 4.77. The van der Waals surface area contributed by atoms with Crippen LogP contribution in [0.4, 0.5) is 18.9 Å². The Bertz CT molecular complexity index is 1200. The maximum absolute atomic E-state index is 12.8. The van der Waals surface area contributed by atoms with Crippen LogP contribution in [0.25, 0.3) is 22.2 Å². The molecule has 2 N–H and O–H groups in total. The quantitative estimate of drug-likeness (QED) is 0.414. The Morgan fingerprint density at radius 3 is 2.59 bits per heavy atom. The lowest BCUT2D eigenvalue weighted by atomic mass is 10.0. The zero-order chi connectivity index (χ0) is 20.6. The van der Waals surface area contributed by atoms with Gasteiger partial charge in [-0.15, -0.1) is 0 Å². The van der Waals surface area contributed by atoms with Gasteiger partial charge in [0.25, 0.3) is 5.91 Å². The van der Waals surface area contributed by atoms with E-state index in [0.717, 1.165) is 16.6 Å². The highest BCUT2D eigenvalue weighted by Gasteiger charge is 2.30. The number of hydrogen-bond donors (Lipinski definition) is 2. The van der Waals surface area contributed by atoms with Crippen LogP contribution < -0.4 is 5.32 Å². The van der Waals surface area contributed by atoms with Crippen molar-refractivity contribution in [1.29, 1.82) is 0 Å². The van der Waals surface area contributed by atoms with Gasteiger partial charge in [0.2, 0.25) is 0 Å². The summed E-state index contributed by atoms with van der Waals surface area (Å²) in [6.45, 7) is 0. The molecule has 9 heteroatoms. The van der Waals surface area contributed by atoms with Gasteiger partial charge in [-0.2, -0.15) is 13.2 Å². The Kier molecular flexibility index (Phi) is 4.83. The lowest BCUT2D eigenvalue weighted by molar-refractivity contribution is -0.137. The minimum absolute atomic E-state index is 0.384. The summed E-state index contributed by atoms with van der Waals surface area (Å²) in [7, 11) is 0. The van der Waals surface area contributed by atoms with Crippen LogP contribution in [0.1, 0.15) is 15.9 Å². The average Bonchev–Trinajstić information content (AvgIpc) is 3.11. The summed E-state index contributed by atoms with van der Waals surface area (Å²) >= 11 is 3.33. The molecule has 3 heterocycles. The highest BCUT2D eigenvalue weighted by atomic mass is 79.9. The summed E-state index contributed by atoms with van der Waals surface area (Å²) in [5, 5.41) is 3.42. The first kappa shape index (κ1) is 19.1. The highest BCUT2D eigenvalue weighted by molar-refractivity contribution is 9.10. The standard InChI is InChI=1S/C20H12BrF3N4O/c21-13-7-15-16(9-27-18(15)26-8-13)19(29)28-17-10-25-6-5-14(17)11-1-3-12(4-2-11)20(22,23)24/h1-10H,(H,26,27)(H,28,29). The number of carbonyl (C=O) groups excluding carboxylic acids is 1. The number of nitrogens with zero attached hydrogens (tertiary/aromatic N) is 2. The number of fused-ring (bicyclic) bond motifs is 1. The molecule has 4 aromatic rings. The summed E-state index contributed by atoms with van der Waals surface area (Å²) in [6, 6.07) is 8.13. The SMILES string of the molecule is O=C(Nc1cnccc1-c1ccc(C(F)(F)F)cc1)c1c[nH]c2ncc(Br)cc12. The molecule has 1 amide bonds. The van der Waals surface area contributed by atoms with Gasteiger partial charge in [0, 0.05) is 34.0 Å². The van der Waals surface area contributed by atoms with Crippen LogP contribution in [0.5, 0.6) is 0 Å². The number of H-pyrrole nitrogens is 1. The fraction of sp³-hybridized carbons (Fsp3) is 0.0500. The van der Waals surface area contributed by atoms with Gasteiger partial charge < -0.3 is 10.3 Å². The Morgan fingerprint density at radius 1 is 1.10 bits per heavy atom. The van der Waals surface area contributed by atoms with Gasteiger partial charge in [-0.3, -0.25) is 9.78 Å². The molecule has 0 unspecified atom stereocenters. The van der Waals surface area contributed by atoms with E-state index in [-0.39, 0.29) is 0 Å². The van der Waals surface area contributed by atoms with E-state index in [1.165, 1.54) is 24.5 Å². The van der Waals surface area contributed by atoms with Crippen molar-refractivity contribution < 1.29 is 18.0 Å². The number of benzene rings is 1. The molecule has 0 bridgehead atoms. The number of anilines is 1. The van der Waals surface area contributed by atoms with Gasteiger partial charge >= 0.3 is 6.18 Å². The van der Waals surface area contributed by atoms with Gasteiger partial charge in [-0.1, -0.05) is 12.1 Å². The molecule has 0 saturated carbocycles. The number of amides is 1. The molecule has 0 spiro atoms. The average molecular weight is 461 g/mol. The largest absolute Gasteiger partial charge is 0.416 e. The number of rotatable bonds is 3. The van der Waals surface area contributed by atoms with Crippen molar-refractivity contribution in [2.45, 2.75) is 6.18 Å². The molecule has 0 saturated heterocycles. The molecule has 0 atom stereocenters. The first-order valence-electron chi connectivity index (χ1n) is 8.38. The van der Waals surface area contributed by atoms with Crippen LogP contribution in [0, 0.1) is 0 Å². The van der Waals surface area contributed by atoms with E-state index >= 15 is 0 Å². The minimum Gasteiger partial charge on any atom is -0.345 e. The molecule has 4 rings (SSSR count). The first-order valence-corrected chi connectivity index (χ1v) is 9.18. The van der Waals surface area contributed by atoms with Crippen molar-refractivity contribution in [3.05, 3.63) is 76.8 Å². The van der Waals surface area contributed by atoms with Crippen LogP contribution in [-0.2, 0) is 6.18 Å². The molecular formula is C20H12BrF3N4O. The van der Waals surface area contributed by atoms with Crippen LogP contribution in [0.3, 0.4) is 0 Å². The molecule has 0 fully saturated rings. The Hall–Kier alpha value is -3.20. The molecule has 29 heavy (non-hydrogen) atoms. The Morgan fingerprint density at radius 2 is 1.86 bits per heavy atom. The number of alkyl halides is 3. The van der Waals surface area contributed by atoms with E-state index in [0.29, 0.717) is 33.4 Å². The van der Waals surface area contributed by atoms with E-state index in [9.17, 15) is 18.0 Å². The first-order chi connectivity index (χ1) is 13.8. The summed E-state index contributed by atoms with van der Waals surface area (Å²) in [5.41, 5.74) is 1.68. The summed E-state index contributed by atoms with van der Waals surface area (Å²) < 4.78 is 39.2. The lowest BCUT2D eigenvalue weighted by Crippen LogP contribution is -2.12. The monoisotopic (exact) mass is 460 g/mol. The second kappa shape index (κ2) is 7.32.